The zero-order valence-electron chi connectivity index (χ0n) is 11.5. The highest BCUT2D eigenvalue weighted by Crippen LogP contribution is 2.25. The van der Waals surface area contributed by atoms with Gasteiger partial charge in [-0.2, -0.15) is 0 Å². The second-order valence-electron chi connectivity index (χ2n) is 5.09. The third kappa shape index (κ3) is 2.87. The van der Waals surface area contributed by atoms with Crippen molar-refractivity contribution in [1.82, 2.24) is 9.88 Å². The maximum Gasteiger partial charge on any atom is 0.257 e. The molecule has 5 heteroatoms. The fraction of sp³-hybridized carbons (Fsp3) is 0.571. The Bertz CT molecular complexity index is 450. The summed E-state index contributed by atoms with van der Waals surface area (Å²) in [4.78, 5) is 18.4. The van der Waals surface area contributed by atoms with Gasteiger partial charge in [0.1, 0.15) is 5.75 Å². The second kappa shape index (κ2) is 6.02. The van der Waals surface area contributed by atoms with Crippen LogP contribution in [-0.2, 0) is 0 Å². The van der Waals surface area contributed by atoms with Crippen molar-refractivity contribution in [1.29, 1.82) is 0 Å². The first-order chi connectivity index (χ1) is 9.17. The number of hydrogen-bond acceptors (Lipinski definition) is 4. The molecule has 0 aromatic carbocycles. The number of amides is 1. The Hall–Kier alpha value is -1.62. The molecule has 2 rings (SSSR count). The molecule has 1 fully saturated rings. The summed E-state index contributed by atoms with van der Waals surface area (Å²) in [6.45, 7) is 4.33. The van der Waals surface area contributed by atoms with Gasteiger partial charge in [0.25, 0.3) is 5.91 Å². The largest absolute Gasteiger partial charge is 0.494 e. The molecule has 0 spiro atoms. The number of likely N-dealkylation sites (tertiary alicyclic amines) is 1. The van der Waals surface area contributed by atoms with Crippen LogP contribution in [0.5, 0.6) is 5.75 Å². The smallest absolute Gasteiger partial charge is 0.257 e. The summed E-state index contributed by atoms with van der Waals surface area (Å²) in [7, 11) is 1.55. The van der Waals surface area contributed by atoms with E-state index in [9.17, 15) is 4.79 Å². The molecular weight excluding hydrogens is 242 g/mol. The predicted octanol–water partition coefficient (Wildman–Crippen LogP) is 1.15. The van der Waals surface area contributed by atoms with E-state index in [-0.39, 0.29) is 5.91 Å². The van der Waals surface area contributed by atoms with Crippen LogP contribution in [0.3, 0.4) is 0 Å². The summed E-state index contributed by atoms with van der Waals surface area (Å²) in [5, 5.41) is 0. The Balaban J connectivity index is 2.15. The highest BCUT2D eigenvalue weighted by Gasteiger charge is 2.29. The van der Waals surface area contributed by atoms with Crippen LogP contribution >= 0.6 is 0 Å². The van der Waals surface area contributed by atoms with E-state index in [1.807, 2.05) is 4.90 Å². The lowest BCUT2D eigenvalue weighted by Crippen LogP contribution is -2.45. The average molecular weight is 263 g/mol. The monoisotopic (exact) mass is 263 g/mol. The maximum absolute atomic E-state index is 12.5. The minimum absolute atomic E-state index is 0.00426. The van der Waals surface area contributed by atoms with Crippen molar-refractivity contribution >= 4 is 5.91 Å². The number of pyridine rings is 1. The summed E-state index contributed by atoms with van der Waals surface area (Å²) < 4.78 is 5.20. The van der Waals surface area contributed by atoms with Crippen LogP contribution in [0.1, 0.15) is 23.7 Å². The van der Waals surface area contributed by atoms with E-state index in [1.165, 1.54) is 0 Å². The Kier molecular flexibility index (Phi) is 4.37. The molecular formula is C14H21N3O2. The van der Waals surface area contributed by atoms with Crippen LogP contribution in [0.15, 0.2) is 18.5 Å². The molecule has 0 saturated carbocycles. The van der Waals surface area contributed by atoms with Gasteiger partial charge < -0.3 is 15.4 Å². The van der Waals surface area contributed by atoms with Gasteiger partial charge in [-0.05, 0) is 30.9 Å². The number of aromatic nitrogens is 1. The van der Waals surface area contributed by atoms with Crippen LogP contribution < -0.4 is 10.5 Å². The number of hydrogen-bond donors (Lipinski definition) is 1. The van der Waals surface area contributed by atoms with Crippen LogP contribution in [0, 0.1) is 11.8 Å². The lowest BCUT2D eigenvalue weighted by atomic mass is 9.87. The van der Waals surface area contributed by atoms with Crippen molar-refractivity contribution in [2.24, 2.45) is 17.6 Å². The number of ether oxygens (including phenoxy) is 1. The molecule has 1 saturated heterocycles. The molecule has 2 N–H and O–H groups in total. The van der Waals surface area contributed by atoms with Gasteiger partial charge in [-0.15, -0.1) is 0 Å². The number of carbonyl (C=O) groups is 1. The Labute approximate surface area is 113 Å². The first-order valence-electron chi connectivity index (χ1n) is 6.64. The van der Waals surface area contributed by atoms with E-state index >= 15 is 0 Å². The van der Waals surface area contributed by atoms with E-state index < -0.39 is 0 Å². The van der Waals surface area contributed by atoms with Crippen LogP contribution in [0.2, 0.25) is 0 Å². The first-order valence-corrected chi connectivity index (χ1v) is 6.64. The summed E-state index contributed by atoms with van der Waals surface area (Å²) in [6.07, 6.45) is 4.18. The number of carbonyl (C=O) groups excluding carboxylic acids is 1. The summed E-state index contributed by atoms with van der Waals surface area (Å²) in [5.74, 6) is 1.49. The molecule has 0 aliphatic carbocycles. The van der Waals surface area contributed by atoms with E-state index in [0.717, 1.165) is 19.5 Å². The van der Waals surface area contributed by atoms with Gasteiger partial charge in [0.2, 0.25) is 0 Å². The zero-order chi connectivity index (χ0) is 13.8. The predicted molar refractivity (Wildman–Crippen MR) is 73.0 cm³/mol. The molecule has 19 heavy (non-hydrogen) atoms. The second-order valence-corrected chi connectivity index (χ2v) is 5.09. The highest BCUT2D eigenvalue weighted by molar-refractivity contribution is 5.96. The molecule has 2 unspecified atom stereocenters. The van der Waals surface area contributed by atoms with Gasteiger partial charge in [0, 0.05) is 19.3 Å². The van der Waals surface area contributed by atoms with E-state index in [4.69, 9.17) is 10.5 Å². The topological polar surface area (TPSA) is 68.5 Å². The number of methoxy groups -OCH3 is 1. The van der Waals surface area contributed by atoms with E-state index in [0.29, 0.717) is 29.7 Å². The summed E-state index contributed by atoms with van der Waals surface area (Å²) >= 11 is 0. The zero-order valence-corrected chi connectivity index (χ0v) is 11.5. The quantitative estimate of drug-likeness (QED) is 0.888. The van der Waals surface area contributed by atoms with Gasteiger partial charge >= 0.3 is 0 Å². The Morgan fingerprint density at radius 1 is 1.63 bits per heavy atom. The van der Waals surface area contributed by atoms with Crippen molar-refractivity contribution in [3.8, 4) is 5.75 Å². The first kappa shape index (κ1) is 13.8. The molecule has 1 aliphatic rings. The van der Waals surface area contributed by atoms with Crippen LogP contribution in [0.4, 0.5) is 0 Å². The Morgan fingerprint density at radius 3 is 3.11 bits per heavy atom. The van der Waals surface area contributed by atoms with Crippen molar-refractivity contribution in [3.63, 3.8) is 0 Å². The van der Waals surface area contributed by atoms with E-state index in [1.54, 1.807) is 25.6 Å². The van der Waals surface area contributed by atoms with Crippen molar-refractivity contribution in [3.05, 3.63) is 24.0 Å². The minimum Gasteiger partial charge on any atom is -0.494 e. The average Bonchev–Trinajstić information content (AvgIpc) is 2.47. The fourth-order valence-electron chi connectivity index (χ4n) is 2.53. The molecule has 1 aromatic rings. The normalized spacial score (nSPS) is 23.2. The third-order valence-electron chi connectivity index (χ3n) is 3.94. The van der Waals surface area contributed by atoms with Gasteiger partial charge in [-0.25, -0.2) is 0 Å². The van der Waals surface area contributed by atoms with E-state index in [2.05, 4.69) is 11.9 Å². The molecule has 0 radical (unpaired) electrons. The molecule has 2 heterocycles. The molecule has 104 valence electrons. The number of nitrogens with zero attached hydrogens (tertiary/aromatic N) is 2. The number of piperidine rings is 1. The lowest BCUT2D eigenvalue weighted by Gasteiger charge is -2.36. The van der Waals surface area contributed by atoms with Gasteiger partial charge in [-0.1, -0.05) is 6.92 Å². The molecule has 1 aromatic heterocycles. The third-order valence-corrected chi connectivity index (χ3v) is 3.94. The molecule has 5 nitrogen and oxygen atoms in total. The number of rotatable bonds is 3. The van der Waals surface area contributed by atoms with Gasteiger partial charge in [0.05, 0.1) is 18.9 Å². The standard InChI is InChI=1S/C14H21N3O2/c1-10-4-6-17(9-11(10)7-15)14(18)12-3-5-16-8-13(12)19-2/h3,5,8,10-11H,4,6-7,9,15H2,1-2H3. The molecule has 1 aliphatic heterocycles. The fourth-order valence-corrected chi connectivity index (χ4v) is 2.53. The molecule has 2 atom stereocenters. The maximum atomic E-state index is 12.5. The van der Waals surface area contributed by atoms with Gasteiger partial charge in [0.15, 0.2) is 0 Å². The summed E-state index contributed by atoms with van der Waals surface area (Å²) in [6, 6.07) is 1.71. The molecule has 1 amide bonds. The Morgan fingerprint density at radius 2 is 2.42 bits per heavy atom. The lowest BCUT2D eigenvalue weighted by molar-refractivity contribution is 0.0615. The SMILES string of the molecule is COc1cnccc1C(=O)N1CCC(C)C(CN)C1. The summed E-state index contributed by atoms with van der Waals surface area (Å²) in [5.41, 5.74) is 6.35. The van der Waals surface area contributed by atoms with Crippen LogP contribution in [-0.4, -0.2) is 42.5 Å². The number of nitrogens with two attached hydrogens (primary N) is 1. The van der Waals surface area contributed by atoms with Crippen molar-refractivity contribution in [2.75, 3.05) is 26.7 Å². The molecule has 0 bridgehead atoms. The van der Waals surface area contributed by atoms with Gasteiger partial charge in [-0.3, -0.25) is 9.78 Å². The van der Waals surface area contributed by atoms with Crippen molar-refractivity contribution in [2.45, 2.75) is 13.3 Å². The minimum atomic E-state index is 0.00426. The van der Waals surface area contributed by atoms with Crippen LogP contribution in [0.25, 0.3) is 0 Å². The van der Waals surface area contributed by atoms with Crippen molar-refractivity contribution < 1.29 is 9.53 Å². The highest BCUT2D eigenvalue weighted by atomic mass is 16.5.